The van der Waals surface area contributed by atoms with Crippen molar-refractivity contribution in [3.8, 4) is 17.1 Å². The van der Waals surface area contributed by atoms with E-state index in [1.54, 1.807) is 18.2 Å². The Balaban J connectivity index is 2.06. The smallest absolute Gasteiger partial charge is 0.166 e. The average molecular weight is 264 g/mol. The van der Waals surface area contributed by atoms with Crippen LogP contribution in [-0.2, 0) is 6.54 Å². The summed E-state index contributed by atoms with van der Waals surface area (Å²) in [5.41, 5.74) is 3.34. The van der Waals surface area contributed by atoms with Crippen LogP contribution in [-0.4, -0.2) is 20.4 Å². The number of ketones is 1. The molecule has 20 heavy (non-hydrogen) atoms. The molecule has 1 N–H and O–H groups in total. The number of phenolic OH excluding ortho intramolecular Hbond substituents is 1. The number of hydrogen-bond donors (Lipinski definition) is 1. The lowest BCUT2D eigenvalue weighted by Crippen LogP contribution is -2.14. The highest BCUT2D eigenvalue weighted by molar-refractivity contribution is 6.08. The van der Waals surface area contributed by atoms with Crippen molar-refractivity contribution in [3.63, 3.8) is 0 Å². The lowest BCUT2D eigenvalue weighted by atomic mass is 10.0. The second-order valence-electron chi connectivity index (χ2n) is 4.98. The van der Waals surface area contributed by atoms with Gasteiger partial charge >= 0.3 is 0 Å². The molecule has 4 heteroatoms. The predicted octanol–water partition coefficient (Wildman–Crippen LogP) is 3.00. The lowest BCUT2D eigenvalue weighted by Gasteiger charge is -2.15. The Hall–Kier alpha value is -2.62. The van der Waals surface area contributed by atoms with Crippen LogP contribution in [0.15, 0.2) is 42.5 Å². The minimum atomic E-state index is 0.172. The summed E-state index contributed by atoms with van der Waals surface area (Å²) in [6.07, 6.45) is 0.494. The molecular weight excluding hydrogens is 252 g/mol. The molecule has 3 aromatic rings. The number of para-hydroxylation sites is 1. The number of aromatic hydroxyl groups is 1. The number of aryl methyl sites for hydroxylation is 1. The first-order valence-electron chi connectivity index (χ1n) is 6.56. The van der Waals surface area contributed by atoms with E-state index in [2.05, 4.69) is 9.55 Å². The van der Waals surface area contributed by atoms with Gasteiger partial charge in [-0.1, -0.05) is 18.2 Å². The van der Waals surface area contributed by atoms with Gasteiger partial charge in [0.05, 0.1) is 11.0 Å². The highest BCUT2D eigenvalue weighted by Crippen LogP contribution is 2.32. The first-order valence-corrected chi connectivity index (χ1v) is 6.56. The number of imidazole rings is 1. The second-order valence-corrected chi connectivity index (χ2v) is 4.98. The van der Waals surface area contributed by atoms with Crippen molar-refractivity contribution in [2.75, 3.05) is 0 Å². The van der Waals surface area contributed by atoms with Crippen molar-refractivity contribution in [1.82, 2.24) is 9.55 Å². The molecule has 0 fully saturated rings. The topological polar surface area (TPSA) is 55.1 Å². The van der Waals surface area contributed by atoms with E-state index >= 15 is 0 Å². The number of carbonyl (C=O) groups excluding carboxylic acids is 1. The van der Waals surface area contributed by atoms with E-state index in [0.717, 1.165) is 28.0 Å². The third-order valence-electron chi connectivity index (χ3n) is 3.73. The molecule has 4 nitrogen and oxygen atoms in total. The third-order valence-corrected chi connectivity index (χ3v) is 3.73. The average Bonchev–Trinajstić information content (AvgIpc) is 2.83. The van der Waals surface area contributed by atoms with Crippen molar-refractivity contribution in [3.05, 3.63) is 48.0 Å². The molecule has 2 heterocycles. The Bertz CT molecular complexity index is 849. The van der Waals surface area contributed by atoms with Crippen LogP contribution in [0.3, 0.4) is 0 Å². The maximum Gasteiger partial charge on any atom is 0.166 e. The molecule has 0 bridgehead atoms. The lowest BCUT2D eigenvalue weighted by molar-refractivity contribution is 0.0973. The summed E-state index contributed by atoms with van der Waals surface area (Å²) in [6.45, 7) is 0.636. The SMILES string of the molecule is O=C1CCn2c(-c3cccc(O)c3)nc3cccc1c32. The molecule has 0 radical (unpaired) electrons. The summed E-state index contributed by atoms with van der Waals surface area (Å²) in [5.74, 6) is 1.19. The predicted molar refractivity (Wildman–Crippen MR) is 75.8 cm³/mol. The van der Waals surface area contributed by atoms with Crippen LogP contribution in [0.4, 0.5) is 0 Å². The van der Waals surface area contributed by atoms with Crippen LogP contribution in [0.2, 0.25) is 0 Å². The molecule has 0 atom stereocenters. The number of benzene rings is 2. The van der Waals surface area contributed by atoms with E-state index in [1.165, 1.54) is 0 Å². The van der Waals surface area contributed by atoms with E-state index in [9.17, 15) is 9.90 Å². The first-order chi connectivity index (χ1) is 9.74. The summed E-state index contributed by atoms with van der Waals surface area (Å²) < 4.78 is 2.07. The highest BCUT2D eigenvalue weighted by atomic mass is 16.3. The largest absolute Gasteiger partial charge is 0.508 e. The summed E-state index contributed by atoms with van der Waals surface area (Å²) in [4.78, 5) is 16.6. The molecular formula is C16H12N2O2. The Morgan fingerprint density at radius 2 is 2.00 bits per heavy atom. The molecule has 1 aliphatic rings. The number of nitrogens with zero attached hydrogens (tertiary/aromatic N) is 2. The van der Waals surface area contributed by atoms with E-state index in [1.807, 2.05) is 24.3 Å². The molecule has 0 saturated carbocycles. The minimum absolute atomic E-state index is 0.172. The van der Waals surface area contributed by atoms with Crippen molar-refractivity contribution in [2.24, 2.45) is 0 Å². The molecule has 0 aliphatic carbocycles. The fourth-order valence-corrected chi connectivity index (χ4v) is 2.84. The van der Waals surface area contributed by atoms with Crippen LogP contribution < -0.4 is 0 Å². The van der Waals surface area contributed by atoms with Gasteiger partial charge in [-0.05, 0) is 24.3 Å². The van der Waals surface area contributed by atoms with Gasteiger partial charge in [0.1, 0.15) is 11.6 Å². The van der Waals surface area contributed by atoms with E-state index in [4.69, 9.17) is 0 Å². The van der Waals surface area contributed by atoms with Gasteiger partial charge < -0.3 is 9.67 Å². The van der Waals surface area contributed by atoms with Crippen LogP contribution in [0.5, 0.6) is 5.75 Å². The zero-order valence-electron chi connectivity index (χ0n) is 10.7. The normalized spacial score (nSPS) is 13.9. The quantitative estimate of drug-likeness (QED) is 0.735. The van der Waals surface area contributed by atoms with Gasteiger partial charge in [0.2, 0.25) is 0 Å². The van der Waals surface area contributed by atoms with Crippen molar-refractivity contribution < 1.29 is 9.90 Å². The summed E-state index contributed by atoms with van der Waals surface area (Å²) in [7, 11) is 0. The van der Waals surface area contributed by atoms with Crippen molar-refractivity contribution in [1.29, 1.82) is 0 Å². The third kappa shape index (κ3) is 1.48. The van der Waals surface area contributed by atoms with Gasteiger partial charge in [0.25, 0.3) is 0 Å². The van der Waals surface area contributed by atoms with Crippen LogP contribution >= 0.6 is 0 Å². The fourth-order valence-electron chi connectivity index (χ4n) is 2.84. The van der Waals surface area contributed by atoms with Gasteiger partial charge in [-0.3, -0.25) is 4.79 Å². The second kappa shape index (κ2) is 3.93. The molecule has 0 spiro atoms. The van der Waals surface area contributed by atoms with Gasteiger partial charge in [0, 0.05) is 24.1 Å². The Morgan fingerprint density at radius 3 is 2.85 bits per heavy atom. The zero-order chi connectivity index (χ0) is 13.7. The monoisotopic (exact) mass is 264 g/mol. The highest BCUT2D eigenvalue weighted by Gasteiger charge is 2.23. The van der Waals surface area contributed by atoms with Crippen molar-refractivity contribution >= 4 is 16.8 Å². The molecule has 98 valence electrons. The molecule has 1 aliphatic heterocycles. The molecule has 0 unspecified atom stereocenters. The van der Waals surface area contributed by atoms with Gasteiger partial charge in [-0.2, -0.15) is 0 Å². The number of rotatable bonds is 1. The zero-order valence-corrected chi connectivity index (χ0v) is 10.7. The Labute approximate surface area is 115 Å². The Morgan fingerprint density at radius 1 is 1.15 bits per heavy atom. The van der Waals surface area contributed by atoms with Crippen LogP contribution in [0.25, 0.3) is 22.4 Å². The molecule has 0 amide bonds. The van der Waals surface area contributed by atoms with Gasteiger partial charge in [0.15, 0.2) is 5.78 Å². The van der Waals surface area contributed by atoms with E-state index < -0.39 is 0 Å². The van der Waals surface area contributed by atoms with Crippen molar-refractivity contribution in [2.45, 2.75) is 13.0 Å². The molecule has 1 aromatic heterocycles. The van der Waals surface area contributed by atoms with Crippen LogP contribution in [0, 0.1) is 0 Å². The number of phenols is 1. The summed E-state index contributed by atoms with van der Waals surface area (Å²) in [5, 5.41) is 9.63. The number of carbonyl (C=O) groups is 1. The van der Waals surface area contributed by atoms with Gasteiger partial charge in [-0.15, -0.1) is 0 Å². The summed E-state index contributed by atoms with van der Waals surface area (Å²) in [6, 6.07) is 12.7. The molecule has 2 aromatic carbocycles. The molecule has 4 rings (SSSR count). The first kappa shape index (κ1) is 11.2. The van der Waals surface area contributed by atoms with E-state index in [-0.39, 0.29) is 11.5 Å². The minimum Gasteiger partial charge on any atom is -0.508 e. The number of hydrogen-bond acceptors (Lipinski definition) is 3. The maximum absolute atomic E-state index is 12.0. The van der Waals surface area contributed by atoms with E-state index in [0.29, 0.717) is 13.0 Å². The fraction of sp³-hybridized carbons (Fsp3) is 0.125. The standard InChI is InChI=1S/C16H12N2O2/c19-11-4-1-3-10(9-11)16-17-13-6-2-5-12-14(20)7-8-18(16)15(12)13/h1-6,9,19H,7-8H2. The van der Waals surface area contributed by atoms with Gasteiger partial charge in [-0.25, -0.2) is 4.98 Å². The Kier molecular flexibility index (Phi) is 2.21. The molecule has 0 saturated heterocycles. The maximum atomic E-state index is 12.0. The number of aromatic nitrogens is 2. The van der Waals surface area contributed by atoms with Crippen LogP contribution in [0.1, 0.15) is 16.8 Å². The number of Topliss-reactive ketones (excluding diaryl/α,β-unsaturated/α-hetero) is 1. The summed E-state index contributed by atoms with van der Waals surface area (Å²) >= 11 is 0.